The minimum atomic E-state index is -0.0335. The van der Waals surface area contributed by atoms with Gasteiger partial charge in [0.05, 0.1) is 24.4 Å². The maximum absolute atomic E-state index is 6.13. The highest BCUT2D eigenvalue weighted by molar-refractivity contribution is 5.40. The number of anilines is 1. The number of ether oxygens (including phenoxy) is 1. The number of nitrogens with zero attached hydrogens (tertiary/aromatic N) is 4. The van der Waals surface area contributed by atoms with E-state index in [-0.39, 0.29) is 5.60 Å². The summed E-state index contributed by atoms with van der Waals surface area (Å²) in [6.07, 6.45) is 7.50. The molecule has 0 N–H and O–H groups in total. The summed E-state index contributed by atoms with van der Waals surface area (Å²) in [5.41, 5.74) is 4.86. The van der Waals surface area contributed by atoms with Crippen LogP contribution in [0.4, 0.5) is 5.82 Å². The van der Waals surface area contributed by atoms with Gasteiger partial charge in [-0.1, -0.05) is 17.7 Å². The van der Waals surface area contributed by atoms with Crippen molar-refractivity contribution in [1.82, 2.24) is 14.8 Å². The molecule has 2 aliphatic heterocycles. The average Bonchev–Trinajstić information content (AvgIpc) is 2.93. The highest BCUT2D eigenvalue weighted by atomic mass is 16.5. The van der Waals surface area contributed by atoms with E-state index in [2.05, 4.69) is 48.1 Å². The van der Waals surface area contributed by atoms with Gasteiger partial charge in [0, 0.05) is 25.0 Å². The molecule has 2 aromatic heterocycles. The molecule has 138 valence electrons. The van der Waals surface area contributed by atoms with Gasteiger partial charge in [-0.2, -0.15) is 5.10 Å². The quantitative estimate of drug-likeness (QED) is 0.791. The van der Waals surface area contributed by atoms with Crippen LogP contribution in [0.3, 0.4) is 0 Å². The van der Waals surface area contributed by atoms with E-state index in [4.69, 9.17) is 9.72 Å². The summed E-state index contributed by atoms with van der Waals surface area (Å²) in [6.45, 7) is 9.96. The van der Waals surface area contributed by atoms with Crippen LogP contribution in [0, 0.1) is 13.8 Å². The Hall–Kier alpha value is -2.14. The first-order valence-electron chi connectivity index (χ1n) is 9.56. The lowest BCUT2D eigenvalue weighted by Crippen LogP contribution is -2.46. The predicted molar refractivity (Wildman–Crippen MR) is 104 cm³/mol. The Bertz CT molecular complexity index is 798. The van der Waals surface area contributed by atoms with Crippen LogP contribution < -0.4 is 4.90 Å². The van der Waals surface area contributed by atoms with Gasteiger partial charge in [0.15, 0.2) is 0 Å². The van der Waals surface area contributed by atoms with Crippen LogP contribution in [0.25, 0.3) is 0 Å². The van der Waals surface area contributed by atoms with E-state index in [0.717, 1.165) is 57.0 Å². The predicted octanol–water partition coefficient (Wildman–Crippen LogP) is 3.65. The molecule has 1 fully saturated rings. The summed E-state index contributed by atoms with van der Waals surface area (Å²) in [6, 6.07) is 6.42. The molecule has 0 atom stereocenters. The number of pyridine rings is 1. The number of hydrogen-bond acceptors (Lipinski definition) is 4. The van der Waals surface area contributed by atoms with E-state index in [0.29, 0.717) is 0 Å². The van der Waals surface area contributed by atoms with Crippen molar-refractivity contribution in [2.45, 2.75) is 52.2 Å². The maximum atomic E-state index is 6.13. The number of rotatable bonds is 3. The molecule has 0 bridgehead atoms. The average molecular weight is 352 g/mol. The fraction of sp³-hybridized carbons (Fsp3) is 0.524. The zero-order valence-corrected chi connectivity index (χ0v) is 16.0. The van der Waals surface area contributed by atoms with Crippen molar-refractivity contribution in [3.63, 3.8) is 0 Å². The van der Waals surface area contributed by atoms with Crippen molar-refractivity contribution in [2.24, 2.45) is 0 Å². The summed E-state index contributed by atoms with van der Waals surface area (Å²) in [4.78, 5) is 7.09. The first kappa shape index (κ1) is 17.3. The fourth-order valence-corrected chi connectivity index (χ4v) is 4.09. The summed E-state index contributed by atoms with van der Waals surface area (Å²) in [7, 11) is 0. The van der Waals surface area contributed by atoms with Crippen molar-refractivity contribution in [2.75, 3.05) is 24.6 Å². The fourth-order valence-electron chi connectivity index (χ4n) is 4.09. The van der Waals surface area contributed by atoms with Crippen LogP contribution in [0.15, 0.2) is 36.0 Å². The van der Waals surface area contributed by atoms with Crippen LogP contribution in [0.1, 0.15) is 43.1 Å². The van der Waals surface area contributed by atoms with Crippen LogP contribution in [0.2, 0.25) is 0 Å². The molecule has 0 unspecified atom stereocenters. The highest BCUT2D eigenvalue weighted by Crippen LogP contribution is 2.34. The Morgan fingerprint density at radius 3 is 2.58 bits per heavy atom. The molecule has 2 aliphatic rings. The molecule has 4 rings (SSSR count). The first-order chi connectivity index (χ1) is 12.5. The van der Waals surface area contributed by atoms with Gasteiger partial charge in [-0.15, -0.1) is 0 Å². The van der Waals surface area contributed by atoms with Crippen LogP contribution in [-0.2, 0) is 11.3 Å². The minimum absolute atomic E-state index is 0.0335. The van der Waals surface area contributed by atoms with Gasteiger partial charge in [0.25, 0.3) is 0 Å². The topological polar surface area (TPSA) is 43.2 Å². The van der Waals surface area contributed by atoms with Gasteiger partial charge in [0.2, 0.25) is 0 Å². The molecule has 26 heavy (non-hydrogen) atoms. The van der Waals surface area contributed by atoms with Gasteiger partial charge in [-0.05, 0) is 57.7 Å². The van der Waals surface area contributed by atoms with Gasteiger partial charge in [-0.25, -0.2) is 4.98 Å². The third-order valence-corrected chi connectivity index (χ3v) is 5.57. The molecule has 0 amide bonds. The first-order valence-corrected chi connectivity index (χ1v) is 9.56. The zero-order valence-electron chi connectivity index (χ0n) is 16.0. The lowest BCUT2D eigenvalue weighted by atomic mass is 9.87. The maximum Gasteiger partial charge on any atom is 0.128 e. The second-order valence-electron chi connectivity index (χ2n) is 7.75. The Balaban J connectivity index is 1.40. The van der Waals surface area contributed by atoms with E-state index >= 15 is 0 Å². The van der Waals surface area contributed by atoms with Crippen molar-refractivity contribution in [1.29, 1.82) is 0 Å². The van der Waals surface area contributed by atoms with Crippen LogP contribution in [0.5, 0.6) is 0 Å². The number of aryl methyl sites for hydroxylation is 2. The summed E-state index contributed by atoms with van der Waals surface area (Å²) in [5.74, 6) is 1.06. The highest BCUT2D eigenvalue weighted by Gasteiger charge is 2.35. The molecule has 0 saturated carbocycles. The smallest absolute Gasteiger partial charge is 0.128 e. The summed E-state index contributed by atoms with van der Waals surface area (Å²) in [5, 5.41) is 4.53. The number of piperidine rings is 1. The molecule has 5 heteroatoms. The molecule has 0 aromatic carbocycles. The second-order valence-corrected chi connectivity index (χ2v) is 7.75. The largest absolute Gasteiger partial charge is 0.370 e. The van der Waals surface area contributed by atoms with Gasteiger partial charge >= 0.3 is 0 Å². The second kappa shape index (κ2) is 6.88. The lowest BCUT2D eigenvalue weighted by molar-refractivity contribution is -0.0326. The molecular formula is C21H28N4O. The van der Waals surface area contributed by atoms with Crippen molar-refractivity contribution in [3.8, 4) is 0 Å². The van der Waals surface area contributed by atoms with Crippen LogP contribution in [-0.4, -0.2) is 40.1 Å². The zero-order chi connectivity index (χ0) is 18.1. The van der Waals surface area contributed by atoms with E-state index < -0.39 is 0 Å². The van der Waals surface area contributed by atoms with Crippen molar-refractivity contribution in [3.05, 3.63) is 53.0 Å². The van der Waals surface area contributed by atoms with Crippen molar-refractivity contribution < 1.29 is 4.74 Å². The third-order valence-electron chi connectivity index (χ3n) is 5.57. The van der Waals surface area contributed by atoms with Gasteiger partial charge < -0.3 is 9.64 Å². The Morgan fingerprint density at radius 1 is 1.15 bits per heavy atom. The minimum Gasteiger partial charge on any atom is -0.370 e. The molecule has 1 spiro atoms. The van der Waals surface area contributed by atoms with E-state index in [9.17, 15) is 0 Å². The SMILES string of the molecule is CC1=CC2(CCN(c3ccc(Cn4nc(C)cc4C)cn3)CC2)OCC1. The van der Waals surface area contributed by atoms with Gasteiger partial charge in [-0.3, -0.25) is 4.68 Å². The van der Waals surface area contributed by atoms with E-state index in [1.807, 2.05) is 17.8 Å². The number of aromatic nitrogens is 3. The molecule has 0 aliphatic carbocycles. The summed E-state index contributed by atoms with van der Waals surface area (Å²) >= 11 is 0. The normalized spacial score (nSPS) is 19.7. The molecular weight excluding hydrogens is 324 g/mol. The third kappa shape index (κ3) is 3.54. The molecule has 2 aromatic rings. The van der Waals surface area contributed by atoms with E-state index in [1.54, 1.807) is 0 Å². The van der Waals surface area contributed by atoms with E-state index in [1.165, 1.54) is 16.8 Å². The van der Waals surface area contributed by atoms with Crippen molar-refractivity contribution >= 4 is 5.82 Å². The Kier molecular flexibility index (Phi) is 4.57. The molecule has 0 radical (unpaired) electrons. The number of hydrogen-bond donors (Lipinski definition) is 0. The Labute approximate surface area is 155 Å². The Morgan fingerprint density at radius 2 is 1.96 bits per heavy atom. The van der Waals surface area contributed by atoms with Crippen LogP contribution >= 0.6 is 0 Å². The summed E-state index contributed by atoms with van der Waals surface area (Å²) < 4.78 is 8.16. The standard InChI is InChI=1S/C21H28N4O/c1-16-6-11-26-21(13-16)7-9-24(10-8-21)20-5-4-19(14-22-20)15-25-18(3)12-17(2)23-25/h4-5,12-14H,6-11,15H2,1-3H3. The molecule has 4 heterocycles. The lowest BCUT2D eigenvalue weighted by Gasteiger charge is -2.42. The molecule has 5 nitrogen and oxygen atoms in total. The monoisotopic (exact) mass is 352 g/mol. The van der Waals surface area contributed by atoms with Gasteiger partial charge in [0.1, 0.15) is 5.82 Å². The molecule has 1 saturated heterocycles.